The van der Waals surface area contributed by atoms with E-state index in [9.17, 15) is 4.79 Å². The molecule has 1 unspecified atom stereocenters. The first-order chi connectivity index (χ1) is 7.54. The van der Waals surface area contributed by atoms with Gasteiger partial charge in [-0.1, -0.05) is 24.3 Å². The summed E-state index contributed by atoms with van der Waals surface area (Å²) in [5.74, 6) is 0.0201. The molecule has 6 heteroatoms. The van der Waals surface area contributed by atoms with Crippen LogP contribution in [-0.4, -0.2) is 16.1 Å². The summed E-state index contributed by atoms with van der Waals surface area (Å²) in [6.07, 6.45) is 0.594. The number of hydrogen-bond acceptors (Lipinski definition) is 4. The zero-order valence-corrected chi connectivity index (χ0v) is 10.1. The number of aromatic nitrogens is 1. The number of nitrogens with one attached hydrogen (secondary N) is 1. The molecule has 0 aliphatic rings. The zero-order valence-electron chi connectivity index (χ0n) is 9.32. The van der Waals surface area contributed by atoms with Crippen LogP contribution in [0, 0.1) is 12.8 Å². The standard InChI is InChI=1S/C10H15N3O2S/c1-3-8(9(11)16)10(14)12-5-7-4-6(2)13-15-7/h4,8H,3,5H2,1-2H3,(H2,11,16)(H,12,14). The van der Waals surface area contributed by atoms with E-state index in [4.69, 9.17) is 22.5 Å². The van der Waals surface area contributed by atoms with Crippen molar-refractivity contribution in [2.24, 2.45) is 11.7 Å². The van der Waals surface area contributed by atoms with Crippen molar-refractivity contribution < 1.29 is 9.32 Å². The van der Waals surface area contributed by atoms with Gasteiger partial charge in [0.15, 0.2) is 5.76 Å². The predicted octanol–water partition coefficient (Wildman–Crippen LogP) is 0.912. The molecule has 0 bridgehead atoms. The summed E-state index contributed by atoms with van der Waals surface area (Å²) < 4.78 is 4.96. The number of nitrogens with zero attached hydrogens (tertiary/aromatic N) is 1. The highest BCUT2D eigenvalue weighted by Gasteiger charge is 2.19. The minimum Gasteiger partial charge on any atom is -0.393 e. The number of nitrogens with two attached hydrogens (primary N) is 1. The van der Waals surface area contributed by atoms with E-state index in [1.165, 1.54) is 0 Å². The summed E-state index contributed by atoms with van der Waals surface area (Å²) in [6, 6.07) is 1.77. The minimum atomic E-state index is -0.418. The lowest BCUT2D eigenvalue weighted by Crippen LogP contribution is -2.37. The van der Waals surface area contributed by atoms with Gasteiger partial charge in [-0.25, -0.2) is 0 Å². The molecular weight excluding hydrogens is 226 g/mol. The van der Waals surface area contributed by atoms with Crippen molar-refractivity contribution in [3.05, 3.63) is 17.5 Å². The molecule has 0 saturated carbocycles. The van der Waals surface area contributed by atoms with Gasteiger partial charge in [-0.3, -0.25) is 4.79 Å². The number of carbonyl (C=O) groups excluding carboxylic acids is 1. The maximum absolute atomic E-state index is 11.7. The van der Waals surface area contributed by atoms with Crippen molar-refractivity contribution >= 4 is 23.1 Å². The van der Waals surface area contributed by atoms with Gasteiger partial charge in [-0.2, -0.15) is 0 Å². The van der Waals surface area contributed by atoms with Crippen LogP contribution in [0.4, 0.5) is 0 Å². The Morgan fingerprint density at radius 3 is 2.88 bits per heavy atom. The van der Waals surface area contributed by atoms with Crippen LogP contribution >= 0.6 is 12.2 Å². The largest absolute Gasteiger partial charge is 0.393 e. The number of aryl methyl sites for hydroxylation is 1. The third-order valence-electron chi connectivity index (χ3n) is 2.18. The van der Waals surface area contributed by atoms with Gasteiger partial charge in [0.2, 0.25) is 5.91 Å². The van der Waals surface area contributed by atoms with Crippen molar-refractivity contribution in [3.63, 3.8) is 0 Å². The first kappa shape index (κ1) is 12.6. The van der Waals surface area contributed by atoms with Gasteiger partial charge in [0.05, 0.1) is 23.1 Å². The molecule has 5 nitrogen and oxygen atoms in total. The van der Waals surface area contributed by atoms with Gasteiger partial charge < -0.3 is 15.6 Å². The van der Waals surface area contributed by atoms with Gasteiger partial charge in [0.1, 0.15) is 0 Å². The molecule has 1 heterocycles. The molecule has 1 aromatic rings. The van der Waals surface area contributed by atoms with Crippen molar-refractivity contribution in [3.8, 4) is 0 Å². The Balaban J connectivity index is 2.49. The second kappa shape index (κ2) is 5.60. The van der Waals surface area contributed by atoms with Gasteiger partial charge in [-0.15, -0.1) is 0 Å². The molecule has 0 aliphatic heterocycles. The van der Waals surface area contributed by atoms with Crippen LogP contribution in [0.15, 0.2) is 10.6 Å². The molecule has 1 aromatic heterocycles. The molecule has 1 amide bonds. The topological polar surface area (TPSA) is 81.2 Å². The van der Waals surface area contributed by atoms with E-state index < -0.39 is 5.92 Å². The number of rotatable bonds is 5. The molecule has 0 spiro atoms. The predicted molar refractivity (Wildman–Crippen MR) is 63.7 cm³/mol. The lowest BCUT2D eigenvalue weighted by molar-refractivity contribution is -0.123. The van der Waals surface area contributed by atoms with Crippen molar-refractivity contribution in [1.82, 2.24) is 10.5 Å². The number of carbonyl (C=O) groups is 1. The third-order valence-corrected chi connectivity index (χ3v) is 2.47. The highest BCUT2D eigenvalue weighted by Crippen LogP contribution is 2.05. The summed E-state index contributed by atoms with van der Waals surface area (Å²) in [6.45, 7) is 3.99. The Labute approximate surface area is 99.4 Å². The van der Waals surface area contributed by atoms with Crippen molar-refractivity contribution in [2.45, 2.75) is 26.8 Å². The Morgan fingerprint density at radius 1 is 1.75 bits per heavy atom. The maximum Gasteiger partial charge on any atom is 0.230 e. The first-order valence-electron chi connectivity index (χ1n) is 5.03. The Morgan fingerprint density at radius 2 is 2.44 bits per heavy atom. The van der Waals surface area contributed by atoms with E-state index in [2.05, 4.69) is 10.5 Å². The first-order valence-corrected chi connectivity index (χ1v) is 5.44. The lowest BCUT2D eigenvalue weighted by atomic mass is 10.1. The van der Waals surface area contributed by atoms with Crippen LogP contribution in [0.5, 0.6) is 0 Å². The second-order valence-electron chi connectivity index (χ2n) is 3.52. The number of amides is 1. The quantitative estimate of drug-likeness (QED) is 0.749. The highest BCUT2D eigenvalue weighted by atomic mass is 32.1. The fourth-order valence-corrected chi connectivity index (χ4v) is 1.59. The monoisotopic (exact) mass is 241 g/mol. The molecule has 16 heavy (non-hydrogen) atoms. The molecule has 1 atom stereocenters. The van der Waals surface area contributed by atoms with Crippen LogP contribution in [0.2, 0.25) is 0 Å². The van der Waals surface area contributed by atoms with E-state index in [0.717, 1.165) is 5.69 Å². The van der Waals surface area contributed by atoms with E-state index in [1.54, 1.807) is 6.07 Å². The lowest BCUT2D eigenvalue weighted by Gasteiger charge is -2.12. The van der Waals surface area contributed by atoms with Crippen molar-refractivity contribution in [1.29, 1.82) is 0 Å². The van der Waals surface area contributed by atoms with Gasteiger partial charge >= 0.3 is 0 Å². The molecule has 1 rings (SSSR count). The van der Waals surface area contributed by atoms with Gasteiger partial charge in [0.25, 0.3) is 0 Å². The fraction of sp³-hybridized carbons (Fsp3) is 0.500. The number of thiocarbonyl (C=S) groups is 1. The summed E-state index contributed by atoms with van der Waals surface area (Å²) >= 11 is 4.81. The minimum absolute atomic E-state index is 0.177. The smallest absolute Gasteiger partial charge is 0.230 e. The third kappa shape index (κ3) is 3.30. The molecule has 0 saturated heterocycles. The molecular formula is C10H15N3O2S. The average molecular weight is 241 g/mol. The van der Waals surface area contributed by atoms with Crippen LogP contribution in [-0.2, 0) is 11.3 Å². The average Bonchev–Trinajstić information content (AvgIpc) is 2.62. The van der Waals surface area contributed by atoms with Gasteiger partial charge in [-0.05, 0) is 13.3 Å². The van der Waals surface area contributed by atoms with Crippen LogP contribution in [0.25, 0.3) is 0 Å². The Hall–Kier alpha value is -1.43. The Kier molecular flexibility index (Phi) is 4.42. The van der Waals surface area contributed by atoms with Crippen LogP contribution < -0.4 is 11.1 Å². The van der Waals surface area contributed by atoms with E-state index >= 15 is 0 Å². The summed E-state index contributed by atoms with van der Waals surface area (Å²) in [5.41, 5.74) is 6.24. The summed E-state index contributed by atoms with van der Waals surface area (Å²) in [4.78, 5) is 11.9. The van der Waals surface area contributed by atoms with E-state index in [-0.39, 0.29) is 10.9 Å². The van der Waals surface area contributed by atoms with Gasteiger partial charge in [0, 0.05) is 6.07 Å². The SMILES string of the molecule is CCC(C(=O)NCc1cc(C)no1)C(N)=S. The van der Waals surface area contributed by atoms with Crippen molar-refractivity contribution in [2.75, 3.05) is 0 Å². The molecule has 0 fully saturated rings. The second-order valence-corrected chi connectivity index (χ2v) is 3.99. The van der Waals surface area contributed by atoms with Crippen LogP contribution in [0.3, 0.4) is 0 Å². The highest BCUT2D eigenvalue weighted by molar-refractivity contribution is 7.80. The Bertz CT molecular complexity index is 389. The maximum atomic E-state index is 11.7. The fourth-order valence-electron chi connectivity index (χ4n) is 1.31. The molecule has 3 N–H and O–H groups in total. The molecule has 0 aromatic carbocycles. The zero-order chi connectivity index (χ0) is 12.1. The normalized spacial score (nSPS) is 12.1. The molecule has 0 radical (unpaired) electrons. The molecule has 0 aliphatic carbocycles. The van der Waals surface area contributed by atoms with Crippen LogP contribution in [0.1, 0.15) is 24.8 Å². The van der Waals surface area contributed by atoms with E-state index in [1.807, 2.05) is 13.8 Å². The van der Waals surface area contributed by atoms with E-state index in [0.29, 0.717) is 18.7 Å². The summed E-state index contributed by atoms with van der Waals surface area (Å²) in [7, 11) is 0. The molecule has 88 valence electrons. The number of hydrogen-bond donors (Lipinski definition) is 2. The summed E-state index contributed by atoms with van der Waals surface area (Å²) in [5, 5.41) is 6.42.